The van der Waals surface area contributed by atoms with Gasteiger partial charge in [-0.2, -0.15) is 0 Å². The Morgan fingerprint density at radius 1 is 1.18 bits per heavy atom. The van der Waals surface area contributed by atoms with Gasteiger partial charge in [0, 0.05) is 19.3 Å². The molecule has 8 heteroatoms. The number of fused-ring (bicyclic) bond motifs is 1. The van der Waals surface area contributed by atoms with Crippen LogP contribution in [0.1, 0.15) is 44.5 Å². The third-order valence-corrected chi connectivity index (χ3v) is 5.73. The summed E-state index contributed by atoms with van der Waals surface area (Å²) in [5, 5.41) is 8.64. The number of carbonyl (C=O) groups is 2. The molecule has 4 rings (SSSR count). The van der Waals surface area contributed by atoms with Crippen LogP contribution in [0.3, 0.4) is 0 Å². The van der Waals surface area contributed by atoms with E-state index in [0.29, 0.717) is 26.2 Å². The van der Waals surface area contributed by atoms with Crippen LogP contribution in [-0.2, 0) is 14.3 Å². The van der Waals surface area contributed by atoms with Crippen molar-refractivity contribution in [2.24, 2.45) is 5.92 Å². The van der Waals surface area contributed by atoms with Crippen molar-refractivity contribution >= 4 is 17.5 Å². The fraction of sp³-hybridized carbons (Fsp3) is 0.600. The van der Waals surface area contributed by atoms with E-state index in [4.69, 9.17) is 4.74 Å². The average molecular weight is 385 g/mol. The lowest BCUT2D eigenvalue weighted by Gasteiger charge is -2.33. The van der Waals surface area contributed by atoms with Gasteiger partial charge in [-0.05, 0) is 51.3 Å². The Balaban J connectivity index is 1.43. The van der Waals surface area contributed by atoms with Crippen molar-refractivity contribution < 1.29 is 14.3 Å². The van der Waals surface area contributed by atoms with Crippen molar-refractivity contribution in [1.29, 1.82) is 0 Å². The minimum atomic E-state index is -0.201. The Morgan fingerprint density at radius 2 is 2.04 bits per heavy atom. The lowest BCUT2D eigenvalue weighted by Crippen LogP contribution is -2.46. The van der Waals surface area contributed by atoms with Crippen LogP contribution in [0.5, 0.6) is 0 Å². The number of carbonyl (C=O) groups excluding carboxylic acids is 2. The molecular formula is C20H27N5O3. The van der Waals surface area contributed by atoms with Crippen LogP contribution in [0, 0.1) is 5.92 Å². The van der Waals surface area contributed by atoms with Crippen molar-refractivity contribution in [2.75, 3.05) is 32.8 Å². The van der Waals surface area contributed by atoms with Crippen molar-refractivity contribution in [3.8, 4) is 0 Å². The van der Waals surface area contributed by atoms with Crippen LogP contribution in [0.25, 0.3) is 5.65 Å². The Morgan fingerprint density at radius 3 is 2.89 bits per heavy atom. The van der Waals surface area contributed by atoms with Crippen LogP contribution in [0.4, 0.5) is 0 Å². The quantitative estimate of drug-likeness (QED) is 0.729. The number of nitrogens with zero attached hydrogens (tertiary/aromatic N) is 5. The maximum Gasteiger partial charge on any atom is 0.310 e. The first-order chi connectivity index (χ1) is 13.7. The highest BCUT2D eigenvalue weighted by Gasteiger charge is 2.34. The smallest absolute Gasteiger partial charge is 0.310 e. The molecule has 8 nitrogen and oxygen atoms in total. The first-order valence-corrected chi connectivity index (χ1v) is 10.2. The predicted molar refractivity (Wildman–Crippen MR) is 102 cm³/mol. The normalized spacial score (nSPS) is 23.2. The van der Waals surface area contributed by atoms with E-state index in [1.807, 2.05) is 40.6 Å². The largest absolute Gasteiger partial charge is 0.466 e. The second-order valence-corrected chi connectivity index (χ2v) is 7.55. The Bertz CT molecular complexity index is 851. The summed E-state index contributed by atoms with van der Waals surface area (Å²) in [6.45, 7) is 4.58. The van der Waals surface area contributed by atoms with Gasteiger partial charge in [0.25, 0.3) is 0 Å². The van der Waals surface area contributed by atoms with Crippen LogP contribution in [0.2, 0.25) is 0 Å². The first kappa shape index (κ1) is 18.9. The minimum Gasteiger partial charge on any atom is -0.466 e. The summed E-state index contributed by atoms with van der Waals surface area (Å²) in [4.78, 5) is 29.0. The third-order valence-electron chi connectivity index (χ3n) is 5.73. The third kappa shape index (κ3) is 3.73. The number of esters is 1. The highest BCUT2D eigenvalue weighted by atomic mass is 16.5. The SMILES string of the molecule is CCOC(=O)[C@@H]1CCCN(C(=O)CN2CCC[C@H]2c2nnc3ccccn23)C1. The van der Waals surface area contributed by atoms with Gasteiger partial charge in [-0.25, -0.2) is 0 Å². The zero-order valence-electron chi connectivity index (χ0n) is 16.3. The van der Waals surface area contributed by atoms with E-state index in [9.17, 15) is 9.59 Å². The van der Waals surface area contributed by atoms with Crippen molar-refractivity contribution in [2.45, 2.75) is 38.6 Å². The molecule has 2 fully saturated rings. The second-order valence-electron chi connectivity index (χ2n) is 7.55. The molecule has 0 bridgehead atoms. The van der Waals surface area contributed by atoms with Gasteiger partial charge in [-0.1, -0.05) is 6.07 Å². The molecule has 0 unspecified atom stereocenters. The number of aromatic nitrogens is 3. The molecule has 2 aliphatic heterocycles. The zero-order chi connectivity index (χ0) is 19.5. The van der Waals surface area contributed by atoms with Gasteiger partial charge in [-0.3, -0.25) is 18.9 Å². The Kier molecular flexibility index (Phi) is 5.57. The van der Waals surface area contributed by atoms with Gasteiger partial charge in [0.05, 0.1) is 25.1 Å². The summed E-state index contributed by atoms with van der Waals surface area (Å²) in [7, 11) is 0. The maximum absolute atomic E-state index is 12.9. The number of rotatable bonds is 5. The lowest BCUT2D eigenvalue weighted by atomic mass is 9.98. The first-order valence-electron chi connectivity index (χ1n) is 10.2. The number of amides is 1. The molecule has 0 aromatic carbocycles. The van der Waals surface area contributed by atoms with Crippen LogP contribution in [0.15, 0.2) is 24.4 Å². The van der Waals surface area contributed by atoms with E-state index in [1.165, 1.54) is 0 Å². The van der Waals surface area contributed by atoms with E-state index < -0.39 is 0 Å². The van der Waals surface area contributed by atoms with E-state index >= 15 is 0 Å². The molecule has 150 valence electrons. The summed E-state index contributed by atoms with van der Waals surface area (Å²) >= 11 is 0. The predicted octanol–water partition coefficient (Wildman–Crippen LogP) is 1.67. The number of hydrogen-bond acceptors (Lipinski definition) is 6. The van der Waals surface area contributed by atoms with E-state index in [0.717, 1.165) is 43.7 Å². The Hall–Kier alpha value is -2.48. The highest BCUT2D eigenvalue weighted by molar-refractivity contribution is 5.80. The summed E-state index contributed by atoms with van der Waals surface area (Å²) in [5.41, 5.74) is 0.823. The van der Waals surface area contributed by atoms with Gasteiger partial charge < -0.3 is 9.64 Å². The molecule has 28 heavy (non-hydrogen) atoms. The fourth-order valence-corrected chi connectivity index (χ4v) is 4.32. The zero-order valence-corrected chi connectivity index (χ0v) is 16.3. The van der Waals surface area contributed by atoms with Gasteiger partial charge in [-0.15, -0.1) is 10.2 Å². The van der Waals surface area contributed by atoms with Crippen molar-refractivity contribution in [3.05, 3.63) is 30.2 Å². The molecule has 0 N–H and O–H groups in total. The van der Waals surface area contributed by atoms with E-state index in [1.54, 1.807) is 0 Å². The fourth-order valence-electron chi connectivity index (χ4n) is 4.32. The minimum absolute atomic E-state index is 0.0784. The highest BCUT2D eigenvalue weighted by Crippen LogP contribution is 2.31. The van der Waals surface area contributed by atoms with Gasteiger partial charge in [0.2, 0.25) is 5.91 Å². The maximum atomic E-state index is 12.9. The van der Waals surface area contributed by atoms with E-state index in [-0.39, 0.29) is 23.8 Å². The summed E-state index contributed by atoms with van der Waals surface area (Å²) in [5.74, 6) is 0.583. The monoisotopic (exact) mass is 385 g/mol. The molecular weight excluding hydrogens is 358 g/mol. The molecule has 2 saturated heterocycles. The number of ether oxygens (including phenoxy) is 1. The summed E-state index contributed by atoms with van der Waals surface area (Å²) < 4.78 is 7.15. The van der Waals surface area contributed by atoms with Crippen LogP contribution >= 0.6 is 0 Å². The van der Waals surface area contributed by atoms with Crippen molar-refractivity contribution in [3.63, 3.8) is 0 Å². The number of likely N-dealkylation sites (tertiary alicyclic amines) is 2. The lowest BCUT2D eigenvalue weighted by molar-refractivity contribution is -0.151. The average Bonchev–Trinajstić information content (AvgIpc) is 3.34. The van der Waals surface area contributed by atoms with Gasteiger partial charge in [0.15, 0.2) is 11.5 Å². The molecule has 0 spiro atoms. The van der Waals surface area contributed by atoms with Crippen LogP contribution in [-0.4, -0.2) is 69.1 Å². The topological polar surface area (TPSA) is 80.0 Å². The number of pyridine rings is 1. The molecule has 0 radical (unpaired) electrons. The van der Waals surface area contributed by atoms with Crippen molar-refractivity contribution in [1.82, 2.24) is 24.4 Å². The van der Waals surface area contributed by atoms with Gasteiger partial charge >= 0.3 is 5.97 Å². The molecule has 4 heterocycles. The molecule has 1 amide bonds. The van der Waals surface area contributed by atoms with Gasteiger partial charge in [0.1, 0.15) is 0 Å². The van der Waals surface area contributed by atoms with E-state index in [2.05, 4.69) is 15.1 Å². The standard InChI is InChI=1S/C20H27N5O3/c1-2-28-20(27)15-7-5-11-24(13-15)18(26)14-23-10-6-8-16(23)19-22-21-17-9-3-4-12-25(17)19/h3-4,9,12,15-16H,2,5-8,10-11,13-14H2,1H3/t15-,16+/m1/s1. The molecule has 2 aliphatic rings. The number of piperidine rings is 1. The Labute approximate surface area is 164 Å². The molecule has 2 atom stereocenters. The second kappa shape index (κ2) is 8.26. The molecule has 0 saturated carbocycles. The molecule has 2 aromatic heterocycles. The summed E-state index contributed by atoms with van der Waals surface area (Å²) in [6, 6.07) is 5.93. The number of hydrogen-bond donors (Lipinski definition) is 0. The molecule has 2 aromatic rings. The van der Waals surface area contributed by atoms with Crippen LogP contribution < -0.4 is 0 Å². The summed E-state index contributed by atoms with van der Waals surface area (Å²) in [6.07, 6.45) is 5.60. The molecule has 0 aliphatic carbocycles.